The number of carbonyl (C=O) groups excluding carboxylic acids is 1. The molecule has 6 nitrogen and oxygen atoms in total. The maximum Gasteiger partial charge on any atom is 0.318 e. The molecule has 0 aliphatic heterocycles. The van der Waals surface area contributed by atoms with Crippen molar-refractivity contribution in [2.45, 2.75) is 30.9 Å². The summed E-state index contributed by atoms with van der Waals surface area (Å²) in [6, 6.07) is 17.6. The summed E-state index contributed by atoms with van der Waals surface area (Å²) < 4.78 is 12.6. The van der Waals surface area contributed by atoms with Crippen LogP contribution in [0.15, 0.2) is 59.8 Å². The molecule has 1 heterocycles. The monoisotopic (exact) mass is 383 g/mol. The largest absolute Gasteiger partial charge is 0.486 e. The topological polar surface area (TPSA) is 66.2 Å². The summed E-state index contributed by atoms with van der Waals surface area (Å²) in [4.78, 5) is 11.8. The second-order valence-corrected chi connectivity index (χ2v) is 7.26. The van der Waals surface area contributed by atoms with Crippen LogP contribution in [-0.4, -0.2) is 33.1 Å². The van der Waals surface area contributed by atoms with Gasteiger partial charge >= 0.3 is 5.97 Å². The minimum Gasteiger partial charge on any atom is -0.486 e. The van der Waals surface area contributed by atoms with E-state index in [1.807, 2.05) is 66.1 Å². The first-order chi connectivity index (χ1) is 13.1. The predicted octanol–water partition coefficient (Wildman–Crippen LogP) is 3.81. The molecule has 1 atom stereocenters. The van der Waals surface area contributed by atoms with Crippen molar-refractivity contribution in [3.8, 4) is 11.4 Å². The molecule has 3 aromatic rings. The van der Waals surface area contributed by atoms with E-state index in [0.29, 0.717) is 11.0 Å². The van der Waals surface area contributed by atoms with Crippen molar-refractivity contribution in [1.82, 2.24) is 14.8 Å². The zero-order valence-electron chi connectivity index (χ0n) is 15.5. The highest BCUT2D eigenvalue weighted by atomic mass is 32.2. The number of ether oxygens (including phenoxy) is 2. The molecule has 0 bridgehead atoms. The Kier molecular flexibility index (Phi) is 6.13. The summed E-state index contributed by atoms with van der Waals surface area (Å²) in [6.07, 6.45) is 0. The molecule has 0 N–H and O–H groups in total. The number of rotatable bonds is 7. The molecule has 0 saturated heterocycles. The third kappa shape index (κ3) is 4.68. The van der Waals surface area contributed by atoms with E-state index in [1.54, 1.807) is 6.92 Å². The van der Waals surface area contributed by atoms with Crippen LogP contribution in [0.4, 0.5) is 0 Å². The highest BCUT2D eigenvalue weighted by molar-refractivity contribution is 8.00. The van der Waals surface area contributed by atoms with Crippen molar-refractivity contribution in [3.63, 3.8) is 0 Å². The zero-order chi connectivity index (χ0) is 19.2. The molecule has 0 aliphatic carbocycles. The second kappa shape index (κ2) is 8.73. The lowest BCUT2D eigenvalue weighted by atomic mass is 10.2. The third-order valence-corrected chi connectivity index (χ3v) is 4.94. The van der Waals surface area contributed by atoms with Gasteiger partial charge in [0.1, 0.15) is 17.6 Å². The van der Waals surface area contributed by atoms with Crippen LogP contribution in [0.25, 0.3) is 5.69 Å². The molecule has 0 radical (unpaired) electrons. The number of methoxy groups -OCH3 is 1. The average Bonchev–Trinajstić information content (AvgIpc) is 3.09. The smallest absolute Gasteiger partial charge is 0.318 e. The molecule has 7 heteroatoms. The molecule has 27 heavy (non-hydrogen) atoms. The number of carbonyl (C=O) groups is 1. The molecule has 0 unspecified atom stereocenters. The number of benzene rings is 2. The van der Waals surface area contributed by atoms with E-state index in [-0.39, 0.29) is 12.6 Å². The number of nitrogens with zero attached hydrogens (tertiary/aromatic N) is 3. The average molecular weight is 383 g/mol. The van der Waals surface area contributed by atoms with Crippen LogP contribution >= 0.6 is 11.8 Å². The summed E-state index contributed by atoms with van der Waals surface area (Å²) in [5, 5.41) is 8.77. The Morgan fingerprint density at radius 3 is 2.48 bits per heavy atom. The van der Waals surface area contributed by atoms with Crippen LogP contribution in [0.3, 0.4) is 0 Å². The Labute approximate surface area is 162 Å². The van der Waals surface area contributed by atoms with Gasteiger partial charge in [0.2, 0.25) is 0 Å². The number of aromatic nitrogens is 3. The van der Waals surface area contributed by atoms with Gasteiger partial charge in [-0.15, -0.1) is 10.2 Å². The number of thioether (sulfide) groups is 1. The lowest BCUT2D eigenvalue weighted by Gasteiger charge is -2.13. The summed E-state index contributed by atoms with van der Waals surface area (Å²) >= 11 is 1.30. The Balaban J connectivity index is 1.90. The Morgan fingerprint density at radius 2 is 1.81 bits per heavy atom. The van der Waals surface area contributed by atoms with Gasteiger partial charge in [-0.3, -0.25) is 9.36 Å². The molecule has 0 aliphatic rings. The number of para-hydroxylation sites is 1. The predicted molar refractivity (Wildman–Crippen MR) is 104 cm³/mol. The Morgan fingerprint density at radius 1 is 1.11 bits per heavy atom. The van der Waals surface area contributed by atoms with E-state index >= 15 is 0 Å². The Hall–Kier alpha value is -2.80. The van der Waals surface area contributed by atoms with Gasteiger partial charge < -0.3 is 9.47 Å². The maximum atomic E-state index is 11.8. The molecule has 2 aromatic carbocycles. The number of hydrogen-bond donors (Lipinski definition) is 0. The molecule has 140 valence electrons. The van der Waals surface area contributed by atoms with Gasteiger partial charge in [0.25, 0.3) is 0 Å². The highest BCUT2D eigenvalue weighted by Gasteiger charge is 2.21. The molecular weight excluding hydrogens is 362 g/mol. The van der Waals surface area contributed by atoms with Gasteiger partial charge in [0.15, 0.2) is 11.0 Å². The fourth-order valence-corrected chi connectivity index (χ4v) is 3.37. The quantitative estimate of drug-likeness (QED) is 0.457. The SMILES string of the molecule is COC(=O)[C@H](C)Sc1nnc(COc2ccccc2)n1-c1ccc(C)cc1. The minimum absolute atomic E-state index is 0.262. The van der Waals surface area contributed by atoms with Crippen LogP contribution in [0, 0.1) is 6.92 Å². The first-order valence-corrected chi connectivity index (χ1v) is 9.40. The number of hydrogen-bond acceptors (Lipinski definition) is 6. The molecule has 0 fully saturated rings. The summed E-state index contributed by atoms with van der Waals surface area (Å²) in [5.41, 5.74) is 2.07. The molecule has 3 rings (SSSR count). The van der Waals surface area contributed by atoms with Crippen molar-refractivity contribution < 1.29 is 14.3 Å². The molecule has 0 amide bonds. The maximum absolute atomic E-state index is 11.8. The van der Waals surface area contributed by atoms with E-state index in [0.717, 1.165) is 17.0 Å². The third-order valence-electron chi connectivity index (χ3n) is 3.92. The summed E-state index contributed by atoms with van der Waals surface area (Å²) in [7, 11) is 1.38. The van der Waals surface area contributed by atoms with Crippen LogP contribution in [0.5, 0.6) is 5.75 Å². The minimum atomic E-state index is -0.397. The van der Waals surface area contributed by atoms with E-state index in [9.17, 15) is 4.79 Å². The van der Waals surface area contributed by atoms with Crippen LogP contribution in [-0.2, 0) is 16.1 Å². The van der Waals surface area contributed by atoms with Crippen molar-refractivity contribution in [1.29, 1.82) is 0 Å². The highest BCUT2D eigenvalue weighted by Crippen LogP contribution is 2.27. The first-order valence-electron chi connectivity index (χ1n) is 8.52. The van der Waals surface area contributed by atoms with Gasteiger partial charge in [0, 0.05) is 5.69 Å². The van der Waals surface area contributed by atoms with E-state index in [4.69, 9.17) is 9.47 Å². The van der Waals surface area contributed by atoms with Crippen molar-refractivity contribution in [3.05, 3.63) is 66.0 Å². The van der Waals surface area contributed by atoms with E-state index in [2.05, 4.69) is 10.2 Å². The van der Waals surface area contributed by atoms with E-state index < -0.39 is 5.25 Å². The fourth-order valence-electron chi connectivity index (χ4n) is 2.46. The van der Waals surface area contributed by atoms with Gasteiger partial charge in [0.05, 0.1) is 7.11 Å². The Bertz CT molecular complexity index is 895. The summed E-state index contributed by atoms with van der Waals surface area (Å²) in [6.45, 7) is 4.08. The van der Waals surface area contributed by atoms with Gasteiger partial charge in [-0.05, 0) is 38.1 Å². The number of esters is 1. The molecular formula is C20H21N3O3S. The van der Waals surface area contributed by atoms with Crippen molar-refractivity contribution >= 4 is 17.7 Å². The fraction of sp³-hybridized carbons (Fsp3) is 0.250. The van der Waals surface area contributed by atoms with Gasteiger partial charge in [-0.2, -0.15) is 0 Å². The van der Waals surface area contributed by atoms with Crippen LogP contribution in [0.1, 0.15) is 18.3 Å². The molecule has 0 spiro atoms. The van der Waals surface area contributed by atoms with Crippen LogP contribution < -0.4 is 4.74 Å². The standard InChI is InChI=1S/C20H21N3O3S/c1-14-9-11-16(12-10-14)23-18(13-26-17-7-5-4-6-8-17)21-22-20(23)27-15(2)19(24)25-3/h4-12,15H,13H2,1-3H3/t15-/m0/s1. The lowest BCUT2D eigenvalue weighted by Crippen LogP contribution is -2.16. The van der Waals surface area contributed by atoms with Gasteiger partial charge in [-0.25, -0.2) is 0 Å². The van der Waals surface area contributed by atoms with Crippen molar-refractivity contribution in [2.24, 2.45) is 0 Å². The number of aryl methyl sites for hydroxylation is 1. The summed E-state index contributed by atoms with van der Waals surface area (Å²) in [5.74, 6) is 1.11. The lowest BCUT2D eigenvalue weighted by molar-refractivity contribution is -0.139. The molecule has 0 saturated carbocycles. The second-order valence-electron chi connectivity index (χ2n) is 5.95. The zero-order valence-corrected chi connectivity index (χ0v) is 16.3. The normalized spacial score (nSPS) is 11.8. The van der Waals surface area contributed by atoms with Crippen LogP contribution in [0.2, 0.25) is 0 Å². The first kappa shape index (κ1) is 19.0. The molecule has 1 aromatic heterocycles. The van der Waals surface area contributed by atoms with E-state index in [1.165, 1.54) is 18.9 Å². The van der Waals surface area contributed by atoms with Crippen molar-refractivity contribution in [2.75, 3.05) is 7.11 Å². The van der Waals surface area contributed by atoms with Gasteiger partial charge in [-0.1, -0.05) is 47.7 Å².